The summed E-state index contributed by atoms with van der Waals surface area (Å²) in [5.74, 6) is -0.712. The third-order valence-corrected chi connectivity index (χ3v) is 7.32. The maximum Gasteiger partial charge on any atom is 0.295 e. The normalized spacial score (nSPS) is 19.4. The summed E-state index contributed by atoms with van der Waals surface area (Å²) in [6.45, 7) is 6.72. The number of aliphatic hydroxyl groups is 1. The first-order chi connectivity index (χ1) is 19.0. The molecule has 2 aliphatic heterocycles. The maximum atomic E-state index is 13.3. The number of Topliss-reactive ketones (excluding diaryl/α,β-unsaturated/α-hetero) is 1. The van der Waals surface area contributed by atoms with E-state index in [9.17, 15) is 14.7 Å². The largest absolute Gasteiger partial charge is 0.507 e. The molecule has 2 heterocycles. The van der Waals surface area contributed by atoms with Gasteiger partial charge in [0.05, 0.1) is 24.8 Å². The number of ketones is 1. The van der Waals surface area contributed by atoms with Gasteiger partial charge in [0.2, 0.25) is 0 Å². The van der Waals surface area contributed by atoms with E-state index in [2.05, 4.69) is 4.90 Å². The summed E-state index contributed by atoms with van der Waals surface area (Å²) in [5, 5.41) is 11.4. The van der Waals surface area contributed by atoms with Crippen LogP contribution < -0.4 is 4.74 Å². The molecule has 0 spiro atoms. The van der Waals surface area contributed by atoms with Crippen LogP contribution in [0.25, 0.3) is 5.76 Å². The van der Waals surface area contributed by atoms with E-state index in [1.165, 1.54) is 0 Å². The van der Waals surface area contributed by atoms with Crippen molar-refractivity contribution in [2.75, 3.05) is 39.4 Å². The van der Waals surface area contributed by atoms with E-state index in [1.54, 1.807) is 23.1 Å². The fourth-order valence-electron chi connectivity index (χ4n) is 5.23. The van der Waals surface area contributed by atoms with E-state index in [1.807, 2.05) is 67.6 Å². The van der Waals surface area contributed by atoms with Gasteiger partial charge in [-0.25, -0.2) is 0 Å². The number of morpholine rings is 1. The maximum absolute atomic E-state index is 13.3. The number of carbonyl (C=O) groups excluding carboxylic acids is 2. The number of aryl methyl sites for hydroxylation is 1. The van der Waals surface area contributed by atoms with E-state index >= 15 is 0 Å². The molecule has 0 aromatic heterocycles. The Morgan fingerprint density at radius 3 is 2.33 bits per heavy atom. The smallest absolute Gasteiger partial charge is 0.295 e. The van der Waals surface area contributed by atoms with Crippen LogP contribution in [0.3, 0.4) is 0 Å². The van der Waals surface area contributed by atoms with Crippen molar-refractivity contribution in [1.82, 2.24) is 9.80 Å². The number of benzene rings is 3. The van der Waals surface area contributed by atoms with Crippen LogP contribution in [-0.2, 0) is 20.9 Å². The van der Waals surface area contributed by atoms with Crippen LogP contribution in [0.4, 0.5) is 0 Å². The highest BCUT2D eigenvalue weighted by Crippen LogP contribution is 2.40. The van der Waals surface area contributed by atoms with E-state index in [0.717, 1.165) is 42.7 Å². The van der Waals surface area contributed by atoms with Crippen molar-refractivity contribution in [2.24, 2.45) is 0 Å². The summed E-state index contributed by atoms with van der Waals surface area (Å²) >= 11 is 0. The number of hydrogen-bond donors (Lipinski definition) is 1. The van der Waals surface area contributed by atoms with E-state index in [4.69, 9.17) is 9.47 Å². The molecule has 3 aromatic carbocycles. The number of ether oxygens (including phenoxy) is 2. The van der Waals surface area contributed by atoms with Crippen LogP contribution in [0.2, 0.25) is 0 Å². The predicted octanol–water partition coefficient (Wildman–Crippen LogP) is 4.72. The third kappa shape index (κ3) is 6.05. The first-order valence-electron chi connectivity index (χ1n) is 13.4. The predicted molar refractivity (Wildman–Crippen MR) is 149 cm³/mol. The van der Waals surface area contributed by atoms with Crippen molar-refractivity contribution in [3.63, 3.8) is 0 Å². The molecule has 0 bridgehead atoms. The summed E-state index contributed by atoms with van der Waals surface area (Å²) in [6.07, 6.45) is 0.725. The fourth-order valence-corrected chi connectivity index (χ4v) is 5.23. The van der Waals surface area contributed by atoms with Gasteiger partial charge in [-0.2, -0.15) is 0 Å². The van der Waals surface area contributed by atoms with Gasteiger partial charge in [0, 0.05) is 31.7 Å². The van der Waals surface area contributed by atoms with Gasteiger partial charge >= 0.3 is 0 Å². The number of aliphatic hydroxyl groups excluding tert-OH is 1. The van der Waals surface area contributed by atoms with Gasteiger partial charge in [-0.1, -0.05) is 60.7 Å². The Balaban J connectivity index is 1.40. The monoisotopic (exact) mass is 526 g/mol. The zero-order chi connectivity index (χ0) is 27.2. The zero-order valence-corrected chi connectivity index (χ0v) is 22.2. The molecule has 7 nitrogen and oxygen atoms in total. The lowest BCUT2D eigenvalue weighted by atomic mass is 9.95. The van der Waals surface area contributed by atoms with Crippen molar-refractivity contribution >= 4 is 17.4 Å². The van der Waals surface area contributed by atoms with Gasteiger partial charge < -0.3 is 19.5 Å². The van der Waals surface area contributed by atoms with Crippen molar-refractivity contribution in [1.29, 1.82) is 0 Å². The molecule has 2 saturated heterocycles. The molecule has 202 valence electrons. The molecule has 0 radical (unpaired) electrons. The Kier molecular flexibility index (Phi) is 8.39. The van der Waals surface area contributed by atoms with E-state index in [0.29, 0.717) is 37.7 Å². The molecule has 0 saturated carbocycles. The highest BCUT2D eigenvalue weighted by molar-refractivity contribution is 6.46. The van der Waals surface area contributed by atoms with Crippen LogP contribution in [0.1, 0.15) is 34.7 Å². The molecular weight excluding hydrogens is 492 g/mol. The second kappa shape index (κ2) is 12.3. The molecule has 2 fully saturated rings. The highest BCUT2D eigenvalue weighted by atomic mass is 16.5. The SMILES string of the molecule is Cc1cc(/C(O)=C2\C(=O)C(=O)N(CCCN3CCOCC3)[C@H]2c2ccccc2)ccc1OCc1ccccc1. The molecule has 0 aliphatic carbocycles. The Hall–Kier alpha value is -3.94. The van der Waals surface area contributed by atoms with Crippen LogP contribution in [0.5, 0.6) is 5.75 Å². The molecule has 5 rings (SSSR count). The minimum Gasteiger partial charge on any atom is -0.507 e. The summed E-state index contributed by atoms with van der Waals surface area (Å²) in [5.41, 5.74) is 3.28. The number of hydrogen-bond acceptors (Lipinski definition) is 6. The topological polar surface area (TPSA) is 79.3 Å². The number of carbonyl (C=O) groups is 2. The molecule has 0 unspecified atom stereocenters. The van der Waals surface area contributed by atoms with Crippen molar-refractivity contribution in [3.05, 3.63) is 107 Å². The Labute approximate surface area is 229 Å². The van der Waals surface area contributed by atoms with E-state index < -0.39 is 17.7 Å². The second-order valence-electron chi connectivity index (χ2n) is 9.97. The average molecular weight is 527 g/mol. The first kappa shape index (κ1) is 26.7. The molecule has 7 heteroatoms. The van der Waals surface area contributed by atoms with Crippen LogP contribution in [0.15, 0.2) is 84.4 Å². The molecule has 1 N–H and O–H groups in total. The van der Waals surface area contributed by atoms with Gasteiger partial charge in [-0.3, -0.25) is 14.5 Å². The van der Waals surface area contributed by atoms with Gasteiger partial charge in [0.25, 0.3) is 11.7 Å². The van der Waals surface area contributed by atoms with Gasteiger partial charge in [0.15, 0.2) is 0 Å². The molecule has 2 aliphatic rings. The zero-order valence-electron chi connectivity index (χ0n) is 22.2. The summed E-state index contributed by atoms with van der Waals surface area (Å²) < 4.78 is 11.4. The van der Waals surface area contributed by atoms with Gasteiger partial charge in [-0.05, 0) is 48.2 Å². The number of likely N-dealkylation sites (tertiary alicyclic amines) is 1. The molecular formula is C32H34N2O5. The molecule has 1 atom stereocenters. The lowest BCUT2D eigenvalue weighted by Gasteiger charge is -2.29. The minimum absolute atomic E-state index is 0.120. The third-order valence-electron chi connectivity index (χ3n) is 7.32. The number of rotatable bonds is 9. The minimum atomic E-state index is -0.658. The first-order valence-corrected chi connectivity index (χ1v) is 13.4. The highest BCUT2D eigenvalue weighted by Gasteiger charge is 2.45. The van der Waals surface area contributed by atoms with Crippen molar-refractivity contribution in [3.8, 4) is 5.75 Å². The molecule has 1 amide bonds. The van der Waals surface area contributed by atoms with Gasteiger partial charge in [-0.15, -0.1) is 0 Å². The quantitative estimate of drug-likeness (QED) is 0.247. The molecule has 3 aromatic rings. The Morgan fingerprint density at radius 1 is 0.949 bits per heavy atom. The summed E-state index contributed by atoms with van der Waals surface area (Å²) in [4.78, 5) is 30.5. The Morgan fingerprint density at radius 2 is 1.64 bits per heavy atom. The standard InChI is InChI=1S/C32H34N2O5/c1-23-21-26(13-14-27(23)39-22-24-9-4-2-5-10-24)30(35)28-29(25-11-6-3-7-12-25)34(32(37)31(28)36)16-8-15-33-17-19-38-20-18-33/h2-7,9-14,21,29,35H,8,15-20,22H2,1H3/b30-28+/t29-/m0/s1. The van der Waals surface area contributed by atoms with E-state index in [-0.39, 0.29) is 11.3 Å². The second-order valence-corrected chi connectivity index (χ2v) is 9.97. The lowest BCUT2D eigenvalue weighted by Crippen LogP contribution is -2.38. The lowest BCUT2D eigenvalue weighted by molar-refractivity contribution is -0.140. The van der Waals surface area contributed by atoms with Crippen molar-refractivity contribution in [2.45, 2.75) is 26.0 Å². The number of nitrogens with zero attached hydrogens (tertiary/aromatic N) is 2. The molecule has 39 heavy (non-hydrogen) atoms. The van der Waals surface area contributed by atoms with Crippen LogP contribution in [0, 0.1) is 6.92 Å². The summed E-state index contributed by atoms with van der Waals surface area (Å²) in [7, 11) is 0. The van der Waals surface area contributed by atoms with Gasteiger partial charge in [0.1, 0.15) is 18.1 Å². The number of amides is 1. The fraction of sp³-hybridized carbons (Fsp3) is 0.312. The van der Waals surface area contributed by atoms with Crippen molar-refractivity contribution < 1.29 is 24.2 Å². The Bertz CT molecular complexity index is 1330. The van der Waals surface area contributed by atoms with Crippen LogP contribution in [-0.4, -0.2) is 66.0 Å². The van der Waals surface area contributed by atoms with Crippen LogP contribution >= 0.6 is 0 Å². The average Bonchev–Trinajstić information content (AvgIpc) is 3.23. The summed E-state index contributed by atoms with van der Waals surface area (Å²) in [6, 6.07) is 24.0.